The van der Waals surface area contributed by atoms with Crippen molar-refractivity contribution in [3.63, 3.8) is 0 Å². The maximum absolute atomic E-state index is 13.3. The Morgan fingerprint density at radius 3 is 2.87 bits per heavy atom. The number of amides is 1. The summed E-state index contributed by atoms with van der Waals surface area (Å²) in [6.45, 7) is 3.56. The minimum absolute atomic E-state index is 0.258. The van der Waals surface area contributed by atoms with Crippen LogP contribution < -0.4 is 5.32 Å². The fourth-order valence-corrected chi connectivity index (χ4v) is 2.27. The summed E-state index contributed by atoms with van der Waals surface area (Å²) < 4.78 is 13.3. The first-order valence-corrected chi connectivity index (χ1v) is 7.21. The number of hydrogen-bond acceptors (Lipinski definition) is 4. The molecule has 0 fully saturated rings. The van der Waals surface area contributed by atoms with Crippen LogP contribution in [0.1, 0.15) is 24.5 Å². The van der Waals surface area contributed by atoms with E-state index in [0.29, 0.717) is 17.1 Å². The molecule has 6 heteroatoms. The van der Waals surface area contributed by atoms with Crippen molar-refractivity contribution in [1.82, 2.24) is 4.98 Å². The third kappa shape index (κ3) is 3.21. The van der Waals surface area contributed by atoms with Gasteiger partial charge in [0.1, 0.15) is 11.6 Å². The molecule has 118 valence electrons. The molecule has 2 heterocycles. The van der Waals surface area contributed by atoms with E-state index in [0.717, 1.165) is 5.56 Å². The summed E-state index contributed by atoms with van der Waals surface area (Å²) in [5, 5.41) is 6.66. The topological polar surface area (TPSA) is 63.6 Å². The van der Waals surface area contributed by atoms with Gasteiger partial charge in [0.2, 0.25) is 5.60 Å². The van der Waals surface area contributed by atoms with Crippen LogP contribution >= 0.6 is 0 Å². The Bertz CT molecular complexity index is 774. The number of oxime groups is 1. The van der Waals surface area contributed by atoms with Crippen molar-refractivity contribution in [3.05, 3.63) is 59.5 Å². The van der Waals surface area contributed by atoms with E-state index in [1.807, 2.05) is 13.0 Å². The number of anilines is 1. The molecule has 0 radical (unpaired) electrons. The molecule has 0 spiro atoms. The van der Waals surface area contributed by atoms with Gasteiger partial charge in [-0.2, -0.15) is 0 Å². The fourth-order valence-electron chi connectivity index (χ4n) is 2.27. The molecule has 2 aromatic rings. The van der Waals surface area contributed by atoms with Gasteiger partial charge in [-0.3, -0.25) is 4.79 Å². The van der Waals surface area contributed by atoms with Gasteiger partial charge in [0.15, 0.2) is 0 Å². The molecule has 0 saturated carbocycles. The summed E-state index contributed by atoms with van der Waals surface area (Å²) in [7, 11) is 0. The molecule has 5 nitrogen and oxygen atoms in total. The van der Waals surface area contributed by atoms with Crippen molar-refractivity contribution < 1.29 is 14.0 Å². The first kappa shape index (κ1) is 15.1. The highest BCUT2D eigenvalue weighted by molar-refractivity contribution is 6.07. The molecule has 3 rings (SSSR count). The summed E-state index contributed by atoms with van der Waals surface area (Å²) in [4.78, 5) is 21.9. The normalized spacial score (nSPS) is 19.9. The van der Waals surface area contributed by atoms with Gasteiger partial charge in [0, 0.05) is 18.2 Å². The van der Waals surface area contributed by atoms with Crippen LogP contribution in [-0.4, -0.2) is 22.2 Å². The number of hydrogen-bond donors (Lipinski definition) is 1. The van der Waals surface area contributed by atoms with Crippen molar-refractivity contribution in [1.29, 1.82) is 0 Å². The largest absolute Gasteiger partial charge is 0.379 e. The third-order valence-corrected chi connectivity index (χ3v) is 3.65. The Hall–Kier alpha value is -2.76. The van der Waals surface area contributed by atoms with Crippen LogP contribution in [0, 0.1) is 12.7 Å². The number of carbonyl (C=O) groups is 1. The zero-order valence-electron chi connectivity index (χ0n) is 12.8. The fraction of sp³-hybridized carbons (Fsp3) is 0.235. The second-order valence-corrected chi connectivity index (χ2v) is 5.72. The van der Waals surface area contributed by atoms with Crippen LogP contribution in [0.2, 0.25) is 0 Å². The number of benzene rings is 1. The van der Waals surface area contributed by atoms with Crippen molar-refractivity contribution in [2.45, 2.75) is 25.9 Å². The maximum Gasteiger partial charge on any atom is 0.272 e. The van der Waals surface area contributed by atoms with E-state index in [9.17, 15) is 9.18 Å². The van der Waals surface area contributed by atoms with Gasteiger partial charge in [-0.1, -0.05) is 23.4 Å². The van der Waals surface area contributed by atoms with E-state index >= 15 is 0 Å². The predicted octanol–water partition coefficient (Wildman–Crippen LogP) is 3.05. The lowest BCUT2D eigenvalue weighted by molar-refractivity contribution is -0.135. The SMILES string of the molecule is Cc1ccc(NC(=O)[C@@]2(C)CC(c3cccc(F)c3)=NO2)nc1. The van der Waals surface area contributed by atoms with E-state index in [1.165, 1.54) is 12.1 Å². The van der Waals surface area contributed by atoms with Crippen LogP contribution in [0.15, 0.2) is 47.8 Å². The summed E-state index contributed by atoms with van der Waals surface area (Å²) >= 11 is 0. The summed E-state index contributed by atoms with van der Waals surface area (Å²) in [5.74, 6) is -0.249. The quantitative estimate of drug-likeness (QED) is 0.947. The molecular formula is C17H16FN3O2. The van der Waals surface area contributed by atoms with E-state index in [2.05, 4.69) is 15.5 Å². The van der Waals surface area contributed by atoms with Gasteiger partial charge in [-0.05, 0) is 37.6 Å². The molecule has 0 bridgehead atoms. The highest BCUT2D eigenvalue weighted by Gasteiger charge is 2.42. The number of nitrogens with one attached hydrogen (secondary N) is 1. The average molecular weight is 313 g/mol. The Labute approximate surface area is 133 Å². The second-order valence-electron chi connectivity index (χ2n) is 5.72. The van der Waals surface area contributed by atoms with Crippen LogP contribution in [-0.2, 0) is 9.63 Å². The standard InChI is InChI=1S/C17H16FN3O2/c1-11-6-7-15(19-10-11)20-16(22)17(2)9-14(21-23-17)12-4-3-5-13(18)8-12/h3-8,10H,9H2,1-2H3,(H,19,20,22)/t17-/m1/s1. The highest BCUT2D eigenvalue weighted by atomic mass is 19.1. The molecule has 23 heavy (non-hydrogen) atoms. The lowest BCUT2D eigenvalue weighted by Gasteiger charge is -2.20. The third-order valence-electron chi connectivity index (χ3n) is 3.65. The molecule has 1 aliphatic heterocycles. The number of rotatable bonds is 3. The Kier molecular flexibility index (Phi) is 3.82. The van der Waals surface area contributed by atoms with Crippen molar-refractivity contribution in [2.75, 3.05) is 5.32 Å². The molecule has 0 aliphatic carbocycles. The molecule has 0 saturated heterocycles. The van der Waals surface area contributed by atoms with Gasteiger partial charge in [-0.15, -0.1) is 0 Å². The summed E-state index contributed by atoms with van der Waals surface area (Å²) in [5.41, 5.74) is 1.01. The Morgan fingerprint density at radius 1 is 1.35 bits per heavy atom. The summed E-state index contributed by atoms with van der Waals surface area (Å²) in [6.07, 6.45) is 1.93. The smallest absolute Gasteiger partial charge is 0.272 e. The predicted molar refractivity (Wildman–Crippen MR) is 84.6 cm³/mol. The van der Waals surface area contributed by atoms with Crippen molar-refractivity contribution in [2.24, 2.45) is 5.16 Å². The van der Waals surface area contributed by atoms with Crippen LogP contribution in [0.25, 0.3) is 0 Å². The molecule has 1 aromatic heterocycles. The molecule has 1 N–H and O–H groups in total. The van der Waals surface area contributed by atoms with E-state index < -0.39 is 5.60 Å². The maximum atomic E-state index is 13.3. The molecule has 0 unspecified atom stereocenters. The number of halogens is 1. The lowest BCUT2D eigenvalue weighted by Crippen LogP contribution is -2.40. The van der Waals surface area contributed by atoms with Crippen molar-refractivity contribution in [3.8, 4) is 0 Å². The van der Waals surface area contributed by atoms with E-state index in [4.69, 9.17) is 4.84 Å². The minimum Gasteiger partial charge on any atom is -0.379 e. The lowest BCUT2D eigenvalue weighted by atomic mass is 9.95. The summed E-state index contributed by atoms with van der Waals surface area (Å²) in [6, 6.07) is 9.63. The van der Waals surface area contributed by atoms with Crippen LogP contribution in [0.3, 0.4) is 0 Å². The number of carbonyl (C=O) groups excluding carboxylic acids is 1. The highest BCUT2D eigenvalue weighted by Crippen LogP contribution is 2.28. The van der Waals surface area contributed by atoms with Crippen molar-refractivity contribution >= 4 is 17.4 Å². The zero-order chi connectivity index (χ0) is 16.4. The monoisotopic (exact) mass is 313 g/mol. The molecule has 1 amide bonds. The zero-order valence-corrected chi connectivity index (χ0v) is 12.8. The number of pyridine rings is 1. The first-order chi connectivity index (χ1) is 11.0. The van der Waals surface area contributed by atoms with Gasteiger partial charge >= 0.3 is 0 Å². The number of nitrogens with zero attached hydrogens (tertiary/aromatic N) is 2. The van der Waals surface area contributed by atoms with Gasteiger partial charge in [-0.25, -0.2) is 9.37 Å². The first-order valence-electron chi connectivity index (χ1n) is 7.21. The molecular weight excluding hydrogens is 297 g/mol. The molecule has 1 aromatic carbocycles. The average Bonchev–Trinajstić information content (AvgIpc) is 2.93. The Balaban J connectivity index is 1.71. The van der Waals surface area contributed by atoms with Crippen LogP contribution in [0.4, 0.5) is 10.2 Å². The molecule has 1 atom stereocenters. The van der Waals surface area contributed by atoms with E-state index in [-0.39, 0.29) is 18.1 Å². The number of aromatic nitrogens is 1. The van der Waals surface area contributed by atoms with Gasteiger partial charge in [0.05, 0.1) is 5.71 Å². The second kappa shape index (κ2) is 5.79. The Morgan fingerprint density at radius 2 is 2.17 bits per heavy atom. The van der Waals surface area contributed by atoms with Gasteiger partial charge < -0.3 is 10.2 Å². The van der Waals surface area contributed by atoms with Crippen LogP contribution in [0.5, 0.6) is 0 Å². The van der Waals surface area contributed by atoms with Gasteiger partial charge in [0.25, 0.3) is 5.91 Å². The number of aryl methyl sites for hydroxylation is 1. The van der Waals surface area contributed by atoms with E-state index in [1.54, 1.807) is 31.3 Å². The molecule has 1 aliphatic rings. The minimum atomic E-state index is -1.14.